The molecule has 0 amide bonds. The van der Waals surface area contributed by atoms with E-state index in [4.69, 9.17) is 4.98 Å². The highest BCUT2D eigenvalue weighted by Crippen LogP contribution is 2.42. The standard InChI is InChI=1S/C11H16N2S/c1-2-6-12-9(3-1)10-7-14-11(13-10)8-4-5-8/h7-9,12H,1-6H2. The van der Waals surface area contributed by atoms with Gasteiger partial charge in [0.1, 0.15) is 0 Å². The van der Waals surface area contributed by atoms with Crippen LogP contribution in [0.3, 0.4) is 0 Å². The van der Waals surface area contributed by atoms with Crippen molar-refractivity contribution in [2.75, 3.05) is 6.54 Å². The van der Waals surface area contributed by atoms with E-state index in [1.807, 2.05) is 11.3 Å². The van der Waals surface area contributed by atoms with E-state index in [9.17, 15) is 0 Å². The van der Waals surface area contributed by atoms with Gasteiger partial charge in [-0.25, -0.2) is 4.98 Å². The van der Waals surface area contributed by atoms with Crippen molar-refractivity contribution in [2.45, 2.75) is 44.1 Å². The Hall–Kier alpha value is -0.410. The molecule has 0 spiro atoms. The molecular weight excluding hydrogens is 192 g/mol. The lowest BCUT2D eigenvalue weighted by molar-refractivity contribution is 0.406. The van der Waals surface area contributed by atoms with E-state index in [1.165, 1.54) is 49.4 Å². The van der Waals surface area contributed by atoms with Gasteiger partial charge in [-0.1, -0.05) is 6.42 Å². The van der Waals surface area contributed by atoms with Gasteiger partial charge in [0.25, 0.3) is 0 Å². The van der Waals surface area contributed by atoms with Crippen molar-refractivity contribution in [1.29, 1.82) is 0 Å². The zero-order valence-corrected chi connectivity index (χ0v) is 9.15. The predicted molar refractivity (Wildman–Crippen MR) is 58.7 cm³/mol. The lowest BCUT2D eigenvalue weighted by Crippen LogP contribution is -2.26. The van der Waals surface area contributed by atoms with Crippen molar-refractivity contribution in [1.82, 2.24) is 10.3 Å². The second-order valence-corrected chi connectivity index (χ2v) is 5.28. The van der Waals surface area contributed by atoms with Gasteiger partial charge >= 0.3 is 0 Å². The van der Waals surface area contributed by atoms with Crippen LogP contribution < -0.4 is 5.32 Å². The summed E-state index contributed by atoms with van der Waals surface area (Å²) in [5.41, 5.74) is 1.30. The van der Waals surface area contributed by atoms with E-state index in [-0.39, 0.29) is 0 Å². The Morgan fingerprint density at radius 2 is 2.21 bits per heavy atom. The quantitative estimate of drug-likeness (QED) is 0.808. The fourth-order valence-corrected chi connectivity index (χ4v) is 3.13. The van der Waals surface area contributed by atoms with Crippen molar-refractivity contribution >= 4 is 11.3 Å². The van der Waals surface area contributed by atoms with Crippen molar-refractivity contribution in [3.8, 4) is 0 Å². The van der Waals surface area contributed by atoms with E-state index >= 15 is 0 Å². The smallest absolute Gasteiger partial charge is 0.0959 e. The molecule has 1 aromatic heterocycles. The summed E-state index contributed by atoms with van der Waals surface area (Å²) in [6.45, 7) is 1.17. The number of nitrogens with one attached hydrogen (secondary N) is 1. The van der Waals surface area contributed by atoms with Crippen LogP contribution in [-0.2, 0) is 0 Å². The second kappa shape index (κ2) is 3.63. The van der Waals surface area contributed by atoms with Crippen molar-refractivity contribution in [3.05, 3.63) is 16.1 Å². The van der Waals surface area contributed by atoms with Gasteiger partial charge in [0, 0.05) is 11.3 Å². The monoisotopic (exact) mass is 208 g/mol. The summed E-state index contributed by atoms with van der Waals surface area (Å²) in [7, 11) is 0. The number of thiazole rings is 1. The Bertz CT molecular complexity index is 311. The van der Waals surface area contributed by atoms with Crippen molar-refractivity contribution in [3.63, 3.8) is 0 Å². The normalized spacial score (nSPS) is 27.9. The van der Waals surface area contributed by atoms with Gasteiger partial charge in [-0.3, -0.25) is 0 Å². The first-order valence-corrected chi connectivity index (χ1v) is 6.50. The molecule has 2 fully saturated rings. The average molecular weight is 208 g/mol. The molecular formula is C11H16N2S. The zero-order chi connectivity index (χ0) is 9.38. The molecule has 0 radical (unpaired) electrons. The van der Waals surface area contributed by atoms with Crippen LogP contribution in [0.25, 0.3) is 0 Å². The molecule has 1 saturated heterocycles. The number of aromatic nitrogens is 1. The number of hydrogen-bond acceptors (Lipinski definition) is 3. The Kier molecular flexibility index (Phi) is 2.30. The minimum absolute atomic E-state index is 0.549. The van der Waals surface area contributed by atoms with Gasteiger partial charge in [0.15, 0.2) is 0 Å². The van der Waals surface area contributed by atoms with E-state index < -0.39 is 0 Å². The van der Waals surface area contributed by atoms with Crippen LogP contribution in [0.1, 0.15) is 54.8 Å². The van der Waals surface area contributed by atoms with Crippen LogP contribution in [-0.4, -0.2) is 11.5 Å². The van der Waals surface area contributed by atoms with Crippen LogP contribution in [0.4, 0.5) is 0 Å². The maximum atomic E-state index is 4.75. The number of piperidine rings is 1. The van der Waals surface area contributed by atoms with Gasteiger partial charge < -0.3 is 5.32 Å². The largest absolute Gasteiger partial charge is 0.309 e. The molecule has 76 valence electrons. The first-order valence-electron chi connectivity index (χ1n) is 5.62. The van der Waals surface area contributed by atoms with E-state index in [2.05, 4.69) is 10.7 Å². The summed E-state index contributed by atoms with van der Waals surface area (Å²) in [6, 6.07) is 0.549. The molecule has 0 bridgehead atoms. The molecule has 0 aromatic carbocycles. The SMILES string of the molecule is c1sc(C2CC2)nc1C1CCCCN1. The van der Waals surface area contributed by atoms with Gasteiger partial charge in [-0.15, -0.1) is 11.3 Å². The first kappa shape index (κ1) is 8.86. The minimum atomic E-state index is 0.549. The van der Waals surface area contributed by atoms with E-state index in [1.54, 1.807) is 0 Å². The third-order valence-electron chi connectivity index (χ3n) is 3.13. The molecule has 1 saturated carbocycles. The van der Waals surface area contributed by atoms with Gasteiger partial charge in [-0.05, 0) is 32.2 Å². The summed E-state index contributed by atoms with van der Waals surface area (Å²) >= 11 is 1.86. The zero-order valence-electron chi connectivity index (χ0n) is 8.33. The molecule has 1 atom stereocenters. The number of hydrogen-bond donors (Lipinski definition) is 1. The van der Waals surface area contributed by atoms with Crippen LogP contribution in [0.2, 0.25) is 0 Å². The summed E-state index contributed by atoms with van der Waals surface area (Å²) in [6.07, 6.45) is 6.69. The first-order chi connectivity index (χ1) is 6.93. The lowest BCUT2D eigenvalue weighted by atomic mass is 10.0. The summed E-state index contributed by atoms with van der Waals surface area (Å²) < 4.78 is 0. The van der Waals surface area contributed by atoms with Gasteiger partial charge in [0.05, 0.1) is 16.7 Å². The van der Waals surface area contributed by atoms with Crippen LogP contribution in [0, 0.1) is 0 Å². The Labute approximate surface area is 88.7 Å². The van der Waals surface area contributed by atoms with Crippen molar-refractivity contribution in [2.24, 2.45) is 0 Å². The molecule has 2 heterocycles. The molecule has 2 nitrogen and oxygen atoms in total. The Balaban J connectivity index is 1.74. The molecule has 2 aliphatic rings. The van der Waals surface area contributed by atoms with E-state index in [0.717, 1.165) is 5.92 Å². The van der Waals surface area contributed by atoms with Crippen LogP contribution in [0.5, 0.6) is 0 Å². The highest BCUT2D eigenvalue weighted by molar-refractivity contribution is 7.09. The summed E-state index contributed by atoms with van der Waals surface area (Å²) in [4.78, 5) is 4.75. The second-order valence-electron chi connectivity index (χ2n) is 4.39. The molecule has 3 rings (SSSR count). The Morgan fingerprint density at radius 1 is 1.29 bits per heavy atom. The molecule has 1 aliphatic carbocycles. The number of rotatable bonds is 2. The van der Waals surface area contributed by atoms with Gasteiger partial charge in [0.2, 0.25) is 0 Å². The van der Waals surface area contributed by atoms with Gasteiger partial charge in [-0.2, -0.15) is 0 Å². The van der Waals surface area contributed by atoms with Crippen LogP contribution >= 0.6 is 11.3 Å². The molecule has 3 heteroatoms. The lowest BCUT2D eigenvalue weighted by Gasteiger charge is -2.21. The van der Waals surface area contributed by atoms with Crippen molar-refractivity contribution < 1.29 is 0 Å². The third-order valence-corrected chi connectivity index (χ3v) is 4.16. The fourth-order valence-electron chi connectivity index (χ4n) is 2.08. The molecule has 1 aliphatic heterocycles. The highest BCUT2D eigenvalue weighted by Gasteiger charge is 2.27. The molecule has 1 aromatic rings. The molecule has 1 unspecified atom stereocenters. The van der Waals surface area contributed by atoms with E-state index in [0.29, 0.717) is 6.04 Å². The maximum absolute atomic E-state index is 4.75. The average Bonchev–Trinajstić information content (AvgIpc) is 2.98. The molecule has 14 heavy (non-hydrogen) atoms. The maximum Gasteiger partial charge on any atom is 0.0959 e. The fraction of sp³-hybridized carbons (Fsp3) is 0.727. The Morgan fingerprint density at radius 3 is 2.93 bits per heavy atom. The number of nitrogens with zero attached hydrogens (tertiary/aromatic N) is 1. The highest BCUT2D eigenvalue weighted by atomic mass is 32.1. The summed E-state index contributed by atoms with van der Waals surface area (Å²) in [5, 5.41) is 7.19. The van der Waals surface area contributed by atoms with Crippen LogP contribution in [0.15, 0.2) is 5.38 Å². The molecule has 1 N–H and O–H groups in total. The third kappa shape index (κ3) is 1.71. The predicted octanol–water partition coefficient (Wildman–Crippen LogP) is 2.84. The summed E-state index contributed by atoms with van der Waals surface area (Å²) in [5.74, 6) is 0.817. The minimum Gasteiger partial charge on any atom is -0.309 e. The topological polar surface area (TPSA) is 24.9 Å².